The summed E-state index contributed by atoms with van der Waals surface area (Å²) in [7, 11) is 1.93. The van der Waals surface area contributed by atoms with E-state index in [1.807, 2.05) is 25.2 Å². The zero-order valence-corrected chi connectivity index (χ0v) is 13.0. The third-order valence-corrected chi connectivity index (χ3v) is 3.44. The topological polar surface area (TPSA) is 21.3 Å². The van der Waals surface area contributed by atoms with Crippen molar-refractivity contribution in [1.82, 2.24) is 5.32 Å². The predicted molar refractivity (Wildman–Crippen MR) is 82.9 cm³/mol. The molecule has 0 fully saturated rings. The Morgan fingerprint density at radius 2 is 1.84 bits per heavy atom. The van der Waals surface area contributed by atoms with Gasteiger partial charge in [0.25, 0.3) is 0 Å². The van der Waals surface area contributed by atoms with Crippen molar-refractivity contribution in [3.63, 3.8) is 0 Å². The number of nitrogens with one attached hydrogen (secondary N) is 1. The molecule has 19 heavy (non-hydrogen) atoms. The van der Waals surface area contributed by atoms with Crippen LogP contribution in [0.4, 0.5) is 0 Å². The van der Waals surface area contributed by atoms with E-state index in [4.69, 9.17) is 4.74 Å². The predicted octanol–water partition coefficient (Wildman–Crippen LogP) is 4.58. The summed E-state index contributed by atoms with van der Waals surface area (Å²) in [4.78, 5) is 0. The van der Waals surface area contributed by atoms with E-state index in [9.17, 15) is 0 Å². The fourth-order valence-corrected chi connectivity index (χ4v) is 2.33. The molecule has 100 valence electrons. The minimum absolute atomic E-state index is 0.785. The number of rotatable bonds is 4. The van der Waals surface area contributed by atoms with Crippen LogP contribution in [0.3, 0.4) is 0 Å². The van der Waals surface area contributed by atoms with Crippen LogP contribution in [0.5, 0.6) is 11.5 Å². The quantitative estimate of drug-likeness (QED) is 0.890. The molecule has 2 aromatic carbocycles. The molecular formula is C16H18BrNO. The van der Waals surface area contributed by atoms with Crippen molar-refractivity contribution in [1.29, 1.82) is 0 Å². The van der Waals surface area contributed by atoms with Crippen molar-refractivity contribution >= 4 is 15.9 Å². The highest BCUT2D eigenvalue weighted by Gasteiger charge is 2.07. The van der Waals surface area contributed by atoms with E-state index in [0.29, 0.717) is 0 Å². The van der Waals surface area contributed by atoms with Gasteiger partial charge in [0.2, 0.25) is 0 Å². The van der Waals surface area contributed by atoms with Gasteiger partial charge >= 0.3 is 0 Å². The smallest absolute Gasteiger partial charge is 0.133 e. The van der Waals surface area contributed by atoms with Gasteiger partial charge in [0.05, 0.1) is 0 Å². The van der Waals surface area contributed by atoms with Crippen molar-refractivity contribution in [2.45, 2.75) is 20.4 Å². The third kappa shape index (κ3) is 3.58. The minimum Gasteiger partial charge on any atom is -0.457 e. The summed E-state index contributed by atoms with van der Waals surface area (Å²) < 4.78 is 7.08. The number of ether oxygens (including phenoxy) is 1. The van der Waals surface area contributed by atoms with Crippen LogP contribution >= 0.6 is 15.9 Å². The van der Waals surface area contributed by atoms with Gasteiger partial charge in [-0.1, -0.05) is 39.7 Å². The lowest BCUT2D eigenvalue weighted by molar-refractivity contribution is 0.470. The zero-order valence-electron chi connectivity index (χ0n) is 11.5. The van der Waals surface area contributed by atoms with Crippen LogP contribution in [0.2, 0.25) is 0 Å². The molecule has 0 saturated carbocycles. The number of halogens is 1. The second kappa shape index (κ2) is 6.22. The fraction of sp³-hybridized carbons (Fsp3) is 0.250. The van der Waals surface area contributed by atoms with Crippen LogP contribution < -0.4 is 10.1 Å². The lowest BCUT2D eigenvalue weighted by Gasteiger charge is -2.13. The fourth-order valence-electron chi connectivity index (χ4n) is 1.99. The van der Waals surface area contributed by atoms with Gasteiger partial charge in [0, 0.05) is 16.6 Å². The first-order valence-electron chi connectivity index (χ1n) is 6.28. The number of benzene rings is 2. The minimum atomic E-state index is 0.785. The Kier molecular flexibility index (Phi) is 4.61. The first-order valence-corrected chi connectivity index (χ1v) is 7.07. The van der Waals surface area contributed by atoms with Crippen LogP contribution in [0, 0.1) is 13.8 Å². The molecular weight excluding hydrogens is 302 g/mol. The molecule has 0 unspecified atom stereocenters. The highest BCUT2D eigenvalue weighted by atomic mass is 79.9. The van der Waals surface area contributed by atoms with E-state index in [1.54, 1.807) is 0 Å². The lowest BCUT2D eigenvalue weighted by atomic mass is 10.1. The van der Waals surface area contributed by atoms with Gasteiger partial charge in [-0.05, 0) is 44.7 Å². The molecule has 2 rings (SSSR count). The molecule has 0 aliphatic rings. The van der Waals surface area contributed by atoms with Crippen LogP contribution in [0.25, 0.3) is 0 Å². The molecule has 0 spiro atoms. The Hall–Kier alpha value is -1.32. The SMILES string of the molecule is CNCc1ccc(Br)cc1Oc1ccc(C)cc1C. The Balaban J connectivity index is 2.33. The van der Waals surface area contributed by atoms with Crippen LogP contribution in [0.15, 0.2) is 40.9 Å². The van der Waals surface area contributed by atoms with Crippen molar-refractivity contribution in [2.75, 3.05) is 7.05 Å². The standard InChI is InChI=1S/C16H18BrNO/c1-11-4-7-15(12(2)8-11)19-16-9-14(17)6-5-13(16)10-18-3/h4-9,18H,10H2,1-3H3. The highest BCUT2D eigenvalue weighted by molar-refractivity contribution is 9.10. The zero-order chi connectivity index (χ0) is 13.8. The summed E-state index contributed by atoms with van der Waals surface area (Å²) in [5.74, 6) is 1.79. The third-order valence-electron chi connectivity index (χ3n) is 2.95. The summed E-state index contributed by atoms with van der Waals surface area (Å²) in [6.45, 7) is 4.94. The molecule has 0 bridgehead atoms. The summed E-state index contributed by atoms with van der Waals surface area (Å²) in [5.41, 5.74) is 3.54. The van der Waals surface area contributed by atoms with Gasteiger partial charge in [-0.25, -0.2) is 0 Å². The molecule has 0 amide bonds. The van der Waals surface area contributed by atoms with Gasteiger partial charge in [0.1, 0.15) is 11.5 Å². The Labute approximate surface area is 122 Å². The maximum atomic E-state index is 6.06. The normalized spacial score (nSPS) is 10.5. The Morgan fingerprint density at radius 3 is 2.53 bits per heavy atom. The summed E-state index contributed by atoms with van der Waals surface area (Å²) in [5, 5.41) is 3.16. The van der Waals surface area contributed by atoms with E-state index < -0.39 is 0 Å². The Bertz CT molecular complexity index is 581. The first-order chi connectivity index (χ1) is 9.10. The molecule has 0 aromatic heterocycles. The summed E-state index contributed by atoms with van der Waals surface area (Å²) in [6.07, 6.45) is 0. The van der Waals surface area contributed by atoms with E-state index in [-0.39, 0.29) is 0 Å². The summed E-state index contributed by atoms with van der Waals surface area (Å²) >= 11 is 3.49. The first kappa shape index (κ1) is 14.1. The van der Waals surface area contributed by atoms with Gasteiger partial charge in [0.15, 0.2) is 0 Å². The average Bonchev–Trinajstić information content (AvgIpc) is 2.36. The molecule has 0 saturated heterocycles. The van der Waals surface area contributed by atoms with E-state index >= 15 is 0 Å². The van der Waals surface area contributed by atoms with E-state index in [2.05, 4.69) is 53.3 Å². The second-order valence-corrected chi connectivity index (χ2v) is 5.57. The molecule has 0 atom stereocenters. The van der Waals surface area contributed by atoms with Gasteiger partial charge in [-0.3, -0.25) is 0 Å². The second-order valence-electron chi connectivity index (χ2n) is 4.65. The molecule has 0 aliphatic carbocycles. The molecule has 1 N–H and O–H groups in total. The van der Waals surface area contributed by atoms with Gasteiger partial charge in [-0.15, -0.1) is 0 Å². The monoisotopic (exact) mass is 319 g/mol. The van der Waals surface area contributed by atoms with Crippen molar-refractivity contribution in [3.8, 4) is 11.5 Å². The highest BCUT2D eigenvalue weighted by Crippen LogP contribution is 2.30. The molecule has 0 heterocycles. The van der Waals surface area contributed by atoms with Crippen molar-refractivity contribution < 1.29 is 4.74 Å². The largest absolute Gasteiger partial charge is 0.457 e. The van der Waals surface area contributed by atoms with Crippen molar-refractivity contribution in [3.05, 3.63) is 57.6 Å². The number of aryl methyl sites for hydroxylation is 2. The van der Waals surface area contributed by atoms with Gasteiger partial charge < -0.3 is 10.1 Å². The average molecular weight is 320 g/mol. The van der Waals surface area contributed by atoms with E-state index in [1.165, 1.54) is 5.56 Å². The molecule has 0 aliphatic heterocycles. The molecule has 3 heteroatoms. The number of hydrogen-bond donors (Lipinski definition) is 1. The molecule has 0 radical (unpaired) electrons. The van der Waals surface area contributed by atoms with Crippen molar-refractivity contribution in [2.24, 2.45) is 0 Å². The molecule has 2 aromatic rings. The lowest BCUT2D eigenvalue weighted by Crippen LogP contribution is -2.06. The van der Waals surface area contributed by atoms with E-state index in [0.717, 1.165) is 33.6 Å². The van der Waals surface area contributed by atoms with Crippen LogP contribution in [0.1, 0.15) is 16.7 Å². The molecule has 2 nitrogen and oxygen atoms in total. The summed E-state index contributed by atoms with van der Waals surface area (Å²) in [6, 6.07) is 12.3. The van der Waals surface area contributed by atoms with Gasteiger partial charge in [-0.2, -0.15) is 0 Å². The van der Waals surface area contributed by atoms with Crippen LogP contribution in [-0.4, -0.2) is 7.05 Å². The maximum absolute atomic E-state index is 6.06. The van der Waals surface area contributed by atoms with Crippen LogP contribution in [-0.2, 0) is 6.54 Å². The number of hydrogen-bond acceptors (Lipinski definition) is 2. The Morgan fingerprint density at radius 1 is 1.05 bits per heavy atom. The maximum Gasteiger partial charge on any atom is 0.133 e.